The van der Waals surface area contributed by atoms with Gasteiger partial charge in [-0.1, -0.05) is 42.4 Å². The molecule has 1 heterocycles. The molecule has 0 bridgehead atoms. The second-order valence-electron chi connectivity index (χ2n) is 7.16. The zero-order valence-corrected chi connectivity index (χ0v) is 18.6. The summed E-state index contributed by atoms with van der Waals surface area (Å²) in [6, 6.07) is 13.8. The van der Waals surface area contributed by atoms with Crippen molar-refractivity contribution in [1.82, 2.24) is 15.0 Å². The van der Waals surface area contributed by atoms with Gasteiger partial charge >= 0.3 is 0 Å². The van der Waals surface area contributed by atoms with Crippen LogP contribution in [0.4, 0.5) is 0 Å². The highest BCUT2D eigenvalue weighted by Crippen LogP contribution is 2.28. The predicted molar refractivity (Wildman–Crippen MR) is 118 cm³/mol. The van der Waals surface area contributed by atoms with E-state index >= 15 is 0 Å². The first-order valence-electron chi connectivity index (χ1n) is 10.5. The van der Waals surface area contributed by atoms with Gasteiger partial charge in [0.2, 0.25) is 17.6 Å². The molecule has 0 atom stereocenters. The fraction of sp³-hybridized carbons (Fsp3) is 0.375. The first-order valence-corrected chi connectivity index (χ1v) is 10.5. The molecular weight excluding hydrogens is 394 g/mol. The van der Waals surface area contributed by atoms with Crippen LogP contribution >= 0.6 is 0 Å². The van der Waals surface area contributed by atoms with Crippen molar-refractivity contribution in [1.29, 1.82) is 0 Å². The molecule has 1 aromatic heterocycles. The SMILES string of the molecule is CCc1ccc(-c2noc(CCC(=O)N(CC)Cc3ccc(OC)c(OC)c3)n2)cc1. The molecule has 0 fully saturated rings. The van der Waals surface area contributed by atoms with Crippen LogP contribution in [0.5, 0.6) is 11.5 Å². The minimum Gasteiger partial charge on any atom is -0.493 e. The number of aromatic nitrogens is 2. The van der Waals surface area contributed by atoms with Gasteiger partial charge in [0.05, 0.1) is 14.2 Å². The molecule has 2 aromatic carbocycles. The molecule has 1 amide bonds. The van der Waals surface area contributed by atoms with E-state index in [9.17, 15) is 4.79 Å². The molecule has 0 aliphatic carbocycles. The molecule has 164 valence electrons. The number of methoxy groups -OCH3 is 2. The lowest BCUT2D eigenvalue weighted by atomic mass is 10.1. The van der Waals surface area contributed by atoms with Crippen molar-refractivity contribution in [2.45, 2.75) is 39.7 Å². The summed E-state index contributed by atoms with van der Waals surface area (Å²) in [5.41, 5.74) is 3.14. The summed E-state index contributed by atoms with van der Waals surface area (Å²) < 4.78 is 16.0. The van der Waals surface area contributed by atoms with Gasteiger partial charge in [-0.05, 0) is 36.6 Å². The Morgan fingerprint density at radius 3 is 2.35 bits per heavy atom. The molecule has 0 aliphatic rings. The van der Waals surface area contributed by atoms with Crippen molar-refractivity contribution < 1.29 is 18.8 Å². The summed E-state index contributed by atoms with van der Waals surface area (Å²) in [4.78, 5) is 19.0. The summed E-state index contributed by atoms with van der Waals surface area (Å²) in [7, 11) is 3.20. The Kier molecular flexibility index (Phi) is 7.65. The highest BCUT2D eigenvalue weighted by atomic mass is 16.5. The molecule has 7 heteroatoms. The average Bonchev–Trinajstić information content (AvgIpc) is 3.29. The lowest BCUT2D eigenvalue weighted by Crippen LogP contribution is -2.30. The molecule has 0 radical (unpaired) electrons. The predicted octanol–water partition coefficient (Wildman–Crippen LogP) is 4.30. The molecule has 0 saturated heterocycles. The Hall–Kier alpha value is -3.35. The van der Waals surface area contributed by atoms with Crippen LogP contribution in [0.3, 0.4) is 0 Å². The molecule has 0 aliphatic heterocycles. The number of hydrogen-bond donors (Lipinski definition) is 0. The highest BCUT2D eigenvalue weighted by molar-refractivity contribution is 5.76. The first-order chi connectivity index (χ1) is 15.1. The number of ether oxygens (including phenoxy) is 2. The summed E-state index contributed by atoms with van der Waals surface area (Å²) >= 11 is 0. The molecule has 0 saturated carbocycles. The van der Waals surface area contributed by atoms with E-state index in [0.29, 0.717) is 49.1 Å². The fourth-order valence-corrected chi connectivity index (χ4v) is 3.31. The smallest absolute Gasteiger partial charge is 0.227 e. The maximum atomic E-state index is 12.8. The monoisotopic (exact) mass is 423 g/mol. The molecule has 3 aromatic rings. The highest BCUT2D eigenvalue weighted by Gasteiger charge is 2.16. The summed E-state index contributed by atoms with van der Waals surface area (Å²) in [6.45, 7) is 5.17. The lowest BCUT2D eigenvalue weighted by molar-refractivity contribution is -0.131. The maximum Gasteiger partial charge on any atom is 0.227 e. The van der Waals surface area contributed by atoms with E-state index in [-0.39, 0.29) is 5.91 Å². The Morgan fingerprint density at radius 2 is 1.71 bits per heavy atom. The maximum absolute atomic E-state index is 12.8. The van der Waals surface area contributed by atoms with E-state index in [1.165, 1.54) is 5.56 Å². The third-order valence-electron chi connectivity index (χ3n) is 5.20. The van der Waals surface area contributed by atoms with Crippen LogP contribution in [0.2, 0.25) is 0 Å². The van der Waals surface area contributed by atoms with Crippen LogP contribution in [-0.4, -0.2) is 41.7 Å². The normalized spacial score (nSPS) is 10.7. The van der Waals surface area contributed by atoms with Gasteiger partial charge in [-0.2, -0.15) is 4.98 Å². The van der Waals surface area contributed by atoms with Gasteiger partial charge < -0.3 is 18.9 Å². The number of carbonyl (C=O) groups is 1. The Balaban J connectivity index is 1.59. The summed E-state index contributed by atoms with van der Waals surface area (Å²) in [5, 5.41) is 4.05. The number of benzene rings is 2. The van der Waals surface area contributed by atoms with Crippen molar-refractivity contribution in [3.8, 4) is 22.9 Å². The fourth-order valence-electron chi connectivity index (χ4n) is 3.31. The van der Waals surface area contributed by atoms with E-state index in [1.807, 2.05) is 37.3 Å². The number of aryl methyl sites for hydroxylation is 2. The van der Waals surface area contributed by atoms with Crippen LogP contribution < -0.4 is 9.47 Å². The number of amides is 1. The Labute approximate surface area is 183 Å². The van der Waals surface area contributed by atoms with Gasteiger partial charge in [0, 0.05) is 31.5 Å². The molecule has 31 heavy (non-hydrogen) atoms. The first kappa shape index (κ1) is 22.3. The Morgan fingerprint density at radius 1 is 1.00 bits per heavy atom. The zero-order chi connectivity index (χ0) is 22.2. The van der Waals surface area contributed by atoms with Crippen LogP contribution in [0.25, 0.3) is 11.4 Å². The largest absolute Gasteiger partial charge is 0.493 e. The number of carbonyl (C=O) groups excluding carboxylic acids is 1. The van der Waals surface area contributed by atoms with Gasteiger partial charge in [0.25, 0.3) is 0 Å². The van der Waals surface area contributed by atoms with Gasteiger partial charge in [-0.15, -0.1) is 0 Å². The van der Waals surface area contributed by atoms with Crippen molar-refractivity contribution in [2.75, 3.05) is 20.8 Å². The number of rotatable bonds is 10. The molecular formula is C24H29N3O4. The molecule has 0 unspecified atom stereocenters. The van der Waals surface area contributed by atoms with Crippen LogP contribution in [0.1, 0.15) is 37.3 Å². The van der Waals surface area contributed by atoms with E-state index < -0.39 is 0 Å². The van der Waals surface area contributed by atoms with Crippen molar-refractivity contribution >= 4 is 5.91 Å². The number of nitrogens with zero attached hydrogens (tertiary/aromatic N) is 3. The van der Waals surface area contributed by atoms with E-state index in [4.69, 9.17) is 14.0 Å². The van der Waals surface area contributed by atoms with Crippen molar-refractivity contribution in [2.24, 2.45) is 0 Å². The lowest BCUT2D eigenvalue weighted by Gasteiger charge is -2.21. The third-order valence-corrected chi connectivity index (χ3v) is 5.20. The van der Waals surface area contributed by atoms with E-state index in [0.717, 1.165) is 17.5 Å². The second-order valence-corrected chi connectivity index (χ2v) is 7.16. The summed E-state index contributed by atoms with van der Waals surface area (Å²) in [5.74, 6) is 2.35. The van der Waals surface area contributed by atoms with Gasteiger partial charge in [-0.25, -0.2) is 0 Å². The van der Waals surface area contributed by atoms with Gasteiger partial charge in [0.15, 0.2) is 11.5 Å². The van der Waals surface area contributed by atoms with Crippen LogP contribution in [0.15, 0.2) is 47.0 Å². The van der Waals surface area contributed by atoms with E-state index in [2.05, 4.69) is 29.2 Å². The minimum atomic E-state index is 0.0318. The molecule has 0 spiro atoms. The third kappa shape index (κ3) is 5.63. The van der Waals surface area contributed by atoms with Crippen LogP contribution in [0, 0.1) is 0 Å². The van der Waals surface area contributed by atoms with Gasteiger partial charge in [-0.3, -0.25) is 4.79 Å². The topological polar surface area (TPSA) is 77.7 Å². The average molecular weight is 424 g/mol. The van der Waals surface area contributed by atoms with Gasteiger partial charge in [0.1, 0.15) is 0 Å². The Bertz CT molecular complexity index is 998. The molecule has 7 nitrogen and oxygen atoms in total. The molecule has 3 rings (SSSR count). The molecule has 0 N–H and O–H groups in total. The summed E-state index contributed by atoms with van der Waals surface area (Å²) in [6.07, 6.45) is 1.69. The number of hydrogen-bond acceptors (Lipinski definition) is 6. The minimum absolute atomic E-state index is 0.0318. The van der Waals surface area contributed by atoms with Crippen molar-refractivity contribution in [3.63, 3.8) is 0 Å². The van der Waals surface area contributed by atoms with Crippen LogP contribution in [-0.2, 0) is 24.2 Å². The second kappa shape index (κ2) is 10.6. The zero-order valence-electron chi connectivity index (χ0n) is 18.6. The van der Waals surface area contributed by atoms with E-state index in [1.54, 1.807) is 19.1 Å². The standard InChI is InChI=1S/C24H29N3O4/c1-5-17-7-10-19(11-8-17)24-25-22(31-26-24)13-14-23(28)27(6-2)16-18-9-12-20(29-3)21(15-18)30-4/h7-12,15H,5-6,13-14,16H2,1-4H3. The quantitative estimate of drug-likeness (QED) is 0.484. The van der Waals surface area contributed by atoms with Crippen molar-refractivity contribution in [3.05, 3.63) is 59.5 Å².